The Morgan fingerprint density at radius 2 is 1.82 bits per heavy atom. The molecule has 0 atom stereocenters. The van der Waals surface area contributed by atoms with Crippen LogP contribution in [0.2, 0.25) is 0 Å². The zero-order chi connectivity index (χ0) is 23.3. The molecule has 172 valence electrons. The average Bonchev–Trinajstić information content (AvgIpc) is 3.40. The molecule has 7 nitrogen and oxygen atoms in total. The molecule has 5 rings (SSSR count). The minimum atomic E-state index is -0.350. The summed E-state index contributed by atoms with van der Waals surface area (Å²) in [5.41, 5.74) is 4.51. The zero-order valence-electron chi connectivity index (χ0n) is 18.9. The van der Waals surface area contributed by atoms with Gasteiger partial charge in [-0.15, -0.1) is 0 Å². The van der Waals surface area contributed by atoms with E-state index in [9.17, 15) is 4.79 Å². The Morgan fingerprint density at radius 3 is 2.53 bits per heavy atom. The van der Waals surface area contributed by atoms with Crippen LogP contribution in [0.5, 0.6) is 5.75 Å². The standard InChI is InChI=1S/C27H26N4O3/c1-33-27(32)24-7-4-8-25(26(24)30-14-2-3-15-30)31-18-23(19-31)34-22-11-9-20(10-12-22)16-29-21-6-5-13-28-17-21/h2-15,17,23,29H,16,18-19H2,1H3. The van der Waals surface area contributed by atoms with Crippen LogP contribution in [0.4, 0.5) is 11.4 Å². The normalized spacial score (nSPS) is 13.3. The number of hydrogen-bond acceptors (Lipinski definition) is 6. The Bertz CT molecular complexity index is 1230. The molecular formula is C27H26N4O3. The summed E-state index contributed by atoms with van der Waals surface area (Å²) in [5, 5.41) is 3.36. The Hall–Kier alpha value is -4.26. The second-order valence-corrected chi connectivity index (χ2v) is 8.14. The van der Waals surface area contributed by atoms with Crippen molar-refractivity contribution in [1.82, 2.24) is 9.55 Å². The molecule has 0 bridgehead atoms. The minimum absolute atomic E-state index is 0.0821. The van der Waals surface area contributed by atoms with Crippen LogP contribution in [0.25, 0.3) is 5.69 Å². The highest BCUT2D eigenvalue weighted by Gasteiger charge is 2.32. The Kier molecular flexibility index (Phi) is 6.16. The zero-order valence-corrected chi connectivity index (χ0v) is 18.9. The number of nitrogens with one attached hydrogen (secondary N) is 1. The Morgan fingerprint density at radius 1 is 1.03 bits per heavy atom. The molecule has 0 saturated carbocycles. The number of methoxy groups -OCH3 is 1. The number of pyridine rings is 1. The maximum absolute atomic E-state index is 12.4. The summed E-state index contributed by atoms with van der Waals surface area (Å²) >= 11 is 0. The number of ether oxygens (including phenoxy) is 2. The van der Waals surface area contributed by atoms with Gasteiger partial charge in [-0.1, -0.05) is 18.2 Å². The van der Waals surface area contributed by atoms with Crippen molar-refractivity contribution in [2.75, 3.05) is 30.4 Å². The molecule has 0 unspecified atom stereocenters. The lowest BCUT2D eigenvalue weighted by Crippen LogP contribution is -2.54. The lowest BCUT2D eigenvalue weighted by atomic mass is 10.1. The van der Waals surface area contributed by atoms with Crippen LogP contribution in [0, 0.1) is 0 Å². The summed E-state index contributed by atoms with van der Waals surface area (Å²) < 4.78 is 13.1. The van der Waals surface area contributed by atoms with E-state index in [0.29, 0.717) is 5.56 Å². The van der Waals surface area contributed by atoms with Crippen molar-refractivity contribution in [2.24, 2.45) is 0 Å². The molecule has 0 spiro atoms. The highest BCUT2D eigenvalue weighted by molar-refractivity contribution is 5.96. The fourth-order valence-electron chi connectivity index (χ4n) is 4.08. The second kappa shape index (κ2) is 9.70. The quantitative estimate of drug-likeness (QED) is 0.394. The van der Waals surface area contributed by atoms with E-state index < -0.39 is 0 Å². The number of anilines is 2. The molecule has 0 aliphatic carbocycles. The summed E-state index contributed by atoms with van der Waals surface area (Å²) in [4.78, 5) is 18.7. The largest absolute Gasteiger partial charge is 0.487 e. The van der Waals surface area contributed by atoms with Crippen molar-refractivity contribution in [1.29, 1.82) is 0 Å². The first-order valence-corrected chi connectivity index (χ1v) is 11.2. The molecule has 1 aliphatic heterocycles. The second-order valence-electron chi connectivity index (χ2n) is 8.14. The number of carbonyl (C=O) groups excluding carboxylic acids is 1. The topological polar surface area (TPSA) is 68.6 Å². The van der Waals surface area contributed by atoms with Gasteiger partial charge >= 0.3 is 5.97 Å². The van der Waals surface area contributed by atoms with Gasteiger partial charge in [-0.2, -0.15) is 0 Å². The van der Waals surface area contributed by atoms with E-state index in [-0.39, 0.29) is 12.1 Å². The molecule has 0 amide bonds. The van der Waals surface area contributed by atoms with Crippen molar-refractivity contribution in [3.63, 3.8) is 0 Å². The van der Waals surface area contributed by atoms with Crippen LogP contribution >= 0.6 is 0 Å². The first kappa shape index (κ1) is 21.6. The van der Waals surface area contributed by atoms with E-state index in [1.165, 1.54) is 12.7 Å². The van der Waals surface area contributed by atoms with E-state index >= 15 is 0 Å². The van der Waals surface area contributed by atoms with E-state index in [2.05, 4.69) is 27.3 Å². The SMILES string of the molecule is COC(=O)c1cccc(N2CC(Oc3ccc(CNc4cccnc4)cc3)C2)c1-n1cccc1. The Labute approximate surface area is 198 Å². The van der Waals surface area contributed by atoms with Crippen LogP contribution in [0.15, 0.2) is 91.5 Å². The summed E-state index contributed by atoms with van der Waals surface area (Å²) in [6.07, 6.45) is 7.52. The molecule has 1 N–H and O–H groups in total. The predicted octanol–water partition coefficient (Wildman–Crippen LogP) is 4.54. The third-order valence-corrected chi connectivity index (χ3v) is 5.86. The van der Waals surface area contributed by atoms with Gasteiger partial charge in [-0.25, -0.2) is 4.79 Å². The van der Waals surface area contributed by atoms with Gasteiger partial charge < -0.3 is 24.3 Å². The van der Waals surface area contributed by atoms with Crippen LogP contribution < -0.4 is 15.0 Å². The molecular weight excluding hydrogens is 428 g/mol. The smallest absolute Gasteiger partial charge is 0.340 e. The maximum Gasteiger partial charge on any atom is 0.340 e. The minimum Gasteiger partial charge on any atom is -0.487 e. The molecule has 34 heavy (non-hydrogen) atoms. The van der Waals surface area contributed by atoms with Crippen molar-refractivity contribution in [3.05, 3.63) is 103 Å². The molecule has 1 saturated heterocycles. The van der Waals surface area contributed by atoms with Crippen molar-refractivity contribution >= 4 is 17.3 Å². The van der Waals surface area contributed by atoms with Gasteiger partial charge in [-0.3, -0.25) is 4.98 Å². The first-order valence-electron chi connectivity index (χ1n) is 11.2. The molecule has 0 radical (unpaired) electrons. The number of benzene rings is 2. The van der Waals surface area contributed by atoms with Crippen LogP contribution in [0.1, 0.15) is 15.9 Å². The maximum atomic E-state index is 12.4. The lowest BCUT2D eigenvalue weighted by molar-refractivity contribution is 0.0601. The van der Waals surface area contributed by atoms with Gasteiger partial charge in [0.15, 0.2) is 0 Å². The van der Waals surface area contributed by atoms with Crippen LogP contribution in [-0.4, -0.2) is 41.8 Å². The van der Waals surface area contributed by atoms with Gasteiger partial charge in [0.25, 0.3) is 0 Å². The van der Waals surface area contributed by atoms with E-state index in [1.54, 1.807) is 12.3 Å². The van der Waals surface area contributed by atoms with Gasteiger partial charge in [0.05, 0.1) is 42.8 Å². The average molecular weight is 455 g/mol. The summed E-state index contributed by atoms with van der Waals surface area (Å²) in [7, 11) is 1.40. The number of hydrogen-bond donors (Lipinski definition) is 1. The molecule has 3 heterocycles. The molecule has 7 heteroatoms. The van der Waals surface area contributed by atoms with Gasteiger partial charge in [-0.05, 0) is 54.1 Å². The predicted molar refractivity (Wildman–Crippen MR) is 132 cm³/mol. The number of esters is 1. The lowest BCUT2D eigenvalue weighted by Gasteiger charge is -2.41. The molecule has 2 aromatic carbocycles. The summed E-state index contributed by atoms with van der Waals surface area (Å²) in [6, 6.07) is 21.7. The summed E-state index contributed by atoms with van der Waals surface area (Å²) in [5.74, 6) is 0.501. The fourth-order valence-corrected chi connectivity index (χ4v) is 4.08. The van der Waals surface area contributed by atoms with Gasteiger partial charge in [0.2, 0.25) is 0 Å². The third-order valence-electron chi connectivity index (χ3n) is 5.86. The summed E-state index contributed by atoms with van der Waals surface area (Å²) in [6.45, 7) is 2.20. The van der Waals surface area contributed by atoms with Crippen molar-refractivity contribution in [2.45, 2.75) is 12.6 Å². The molecule has 1 fully saturated rings. The fraction of sp³-hybridized carbons (Fsp3) is 0.185. The van der Waals surface area contributed by atoms with Crippen molar-refractivity contribution in [3.8, 4) is 11.4 Å². The number of aromatic nitrogens is 2. The number of para-hydroxylation sites is 1. The number of nitrogens with zero attached hydrogens (tertiary/aromatic N) is 3. The molecule has 4 aromatic rings. The van der Waals surface area contributed by atoms with E-state index in [0.717, 1.165) is 42.4 Å². The Balaban J connectivity index is 1.22. The highest BCUT2D eigenvalue weighted by Crippen LogP contribution is 2.33. The van der Waals surface area contributed by atoms with Crippen LogP contribution in [-0.2, 0) is 11.3 Å². The van der Waals surface area contributed by atoms with E-state index in [4.69, 9.17) is 9.47 Å². The number of rotatable bonds is 8. The monoisotopic (exact) mass is 454 g/mol. The van der Waals surface area contributed by atoms with Gasteiger partial charge in [0, 0.05) is 31.3 Å². The first-order chi connectivity index (χ1) is 16.7. The van der Waals surface area contributed by atoms with Gasteiger partial charge in [0.1, 0.15) is 11.9 Å². The van der Waals surface area contributed by atoms with Crippen molar-refractivity contribution < 1.29 is 14.3 Å². The molecule has 1 aliphatic rings. The third kappa shape index (κ3) is 4.59. The highest BCUT2D eigenvalue weighted by atomic mass is 16.5. The van der Waals surface area contributed by atoms with Crippen LogP contribution in [0.3, 0.4) is 0 Å². The molecule has 2 aromatic heterocycles. The number of carbonyl (C=O) groups is 1. The van der Waals surface area contributed by atoms with E-state index in [1.807, 2.05) is 71.7 Å².